The minimum atomic E-state index is -1.99. The first-order chi connectivity index (χ1) is 9.04. The topological polar surface area (TPSA) is 68.6 Å². The van der Waals surface area contributed by atoms with Gasteiger partial charge < -0.3 is 14.2 Å². The van der Waals surface area contributed by atoms with Gasteiger partial charge in [0.15, 0.2) is 6.10 Å². The fourth-order valence-corrected chi connectivity index (χ4v) is 2.15. The van der Waals surface area contributed by atoms with Gasteiger partial charge in [-0.15, -0.1) is 0 Å². The van der Waals surface area contributed by atoms with Crippen LogP contribution >= 0.6 is 34.8 Å². The molecule has 1 aliphatic rings. The molecule has 0 aliphatic carbocycles. The number of ether oxygens (including phenoxy) is 3. The fraction of sp³-hybridized carbons (Fsp3) is 0.833. The molecule has 0 aromatic heterocycles. The zero-order valence-electron chi connectivity index (χ0n) is 11.7. The zero-order chi connectivity index (χ0) is 15.7. The molecular formula is C12H18Cl3NO4. The molecule has 0 radical (unpaired) electrons. The van der Waals surface area contributed by atoms with E-state index in [1.165, 1.54) is 6.92 Å². The minimum absolute atomic E-state index is 0.0178. The predicted octanol–water partition coefficient (Wildman–Crippen LogP) is 3.30. The van der Waals surface area contributed by atoms with Crippen molar-refractivity contribution in [3.8, 4) is 0 Å². The highest BCUT2D eigenvalue weighted by molar-refractivity contribution is 6.76. The number of carbonyl (C=O) groups excluding carboxylic acids is 1. The SMILES string of the molecule is CC(=O)OC1C(OC(=N)C(Cl)(Cl)Cl)OC(C)[C@H](C)[C@@H]1C. The van der Waals surface area contributed by atoms with Crippen LogP contribution in [0.3, 0.4) is 0 Å². The van der Waals surface area contributed by atoms with E-state index in [-0.39, 0.29) is 17.9 Å². The first-order valence-corrected chi connectivity index (χ1v) is 7.32. The van der Waals surface area contributed by atoms with Gasteiger partial charge >= 0.3 is 5.97 Å². The lowest BCUT2D eigenvalue weighted by molar-refractivity contribution is -0.247. The van der Waals surface area contributed by atoms with Crippen LogP contribution in [-0.4, -0.2) is 34.2 Å². The summed E-state index contributed by atoms with van der Waals surface area (Å²) in [5, 5.41) is 7.59. The number of alkyl halides is 3. The number of hydrogen-bond donors (Lipinski definition) is 1. The Kier molecular flexibility index (Phi) is 5.96. The Labute approximate surface area is 133 Å². The Hall–Kier alpha value is -0.230. The third kappa shape index (κ3) is 4.38. The molecule has 0 saturated carbocycles. The highest BCUT2D eigenvalue weighted by Gasteiger charge is 2.45. The van der Waals surface area contributed by atoms with Crippen LogP contribution in [0.15, 0.2) is 0 Å². The molecule has 116 valence electrons. The van der Waals surface area contributed by atoms with E-state index in [2.05, 4.69) is 0 Å². The summed E-state index contributed by atoms with van der Waals surface area (Å²) in [5.41, 5.74) is 0. The Morgan fingerprint density at radius 1 is 1.15 bits per heavy atom. The molecule has 1 fully saturated rings. The van der Waals surface area contributed by atoms with Crippen molar-refractivity contribution in [1.82, 2.24) is 0 Å². The van der Waals surface area contributed by atoms with Gasteiger partial charge in [-0.25, -0.2) is 0 Å². The van der Waals surface area contributed by atoms with Crippen molar-refractivity contribution in [2.75, 3.05) is 0 Å². The highest BCUT2D eigenvalue weighted by atomic mass is 35.6. The molecular weight excluding hydrogens is 328 g/mol. The second-order valence-electron chi connectivity index (χ2n) is 4.95. The summed E-state index contributed by atoms with van der Waals surface area (Å²) in [4.78, 5) is 11.2. The van der Waals surface area contributed by atoms with Crippen LogP contribution < -0.4 is 0 Å². The number of halogens is 3. The van der Waals surface area contributed by atoms with Crippen molar-refractivity contribution in [2.45, 2.75) is 50.0 Å². The van der Waals surface area contributed by atoms with Crippen molar-refractivity contribution in [3.63, 3.8) is 0 Å². The standard InChI is InChI=1S/C12H18Cl3NO4/c1-5-6(2)9(19-8(4)17)10(18-7(5)3)20-11(16)12(13,14)15/h5-7,9-10,16H,1-4H3/t5-,6+,7?,9?,10?/m1/s1. The third-order valence-corrected chi connectivity index (χ3v) is 4.01. The van der Waals surface area contributed by atoms with E-state index in [4.69, 9.17) is 54.4 Å². The average molecular weight is 347 g/mol. The largest absolute Gasteiger partial charge is 0.456 e. The van der Waals surface area contributed by atoms with Gasteiger partial charge in [0.2, 0.25) is 12.2 Å². The predicted molar refractivity (Wildman–Crippen MR) is 77.3 cm³/mol. The molecule has 5 atom stereocenters. The summed E-state index contributed by atoms with van der Waals surface area (Å²) in [6.45, 7) is 7.09. The van der Waals surface area contributed by atoms with Gasteiger partial charge in [-0.1, -0.05) is 48.7 Å². The maximum atomic E-state index is 11.2. The molecule has 0 bridgehead atoms. The van der Waals surface area contributed by atoms with Gasteiger partial charge in [-0.3, -0.25) is 10.2 Å². The van der Waals surface area contributed by atoms with Crippen LogP contribution in [0.4, 0.5) is 0 Å². The Morgan fingerprint density at radius 3 is 2.15 bits per heavy atom. The minimum Gasteiger partial charge on any atom is -0.456 e. The monoisotopic (exact) mass is 345 g/mol. The lowest BCUT2D eigenvalue weighted by Crippen LogP contribution is -2.52. The molecule has 1 N–H and O–H groups in total. The van der Waals surface area contributed by atoms with Gasteiger partial charge in [-0.05, 0) is 12.8 Å². The number of nitrogens with one attached hydrogen (secondary N) is 1. The molecule has 0 aromatic carbocycles. The molecule has 1 heterocycles. The number of rotatable bonds is 2. The van der Waals surface area contributed by atoms with Crippen LogP contribution in [0.1, 0.15) is 27.7 Å². The fourth-order valence-electron chi connectivity index (χ4n) is 2.02. The summed E-state index contributed by atoms with van der Waals surface area (Å²) < 4.78 is 14.1. The van der Waals surface area contributed by atoms with E-state index in [1.54, 1.807) is 0 Å². The molecule has 20 heavy (non-hydrogen) atoms. The summed E-state index contributed by atoms with van der Waals surface area (Å²) in [7, 11) is 0. The van der Waals surface area contributed by atoms with E-state index in [1.807, 2.05) is 20.8 Å². The van der Waals surface area contributed by atoms with Crippen molar-refractivity contribution in [3.05, 3.63) is 0 Å². The first-order valence-electron chi connectivity index (χ1n) is 6.19. The van der Waals surface area contributed by atoms with Gasteiger partial charge in [-0.2, -0.15) is 0 Å². The Balaban J connectivity index is 2.88. The van der Waals surface area contributed by atoms with Gasteiger partial charge in [0, 0.05) is 12.8 Å². The number of carbonyl (C=O) groups is 1. The first kappa shape index (κ1) is 17.8. The van der Waals surface area contributed by atoms with Crippen LogP contribution in [0.5, 0.6) is 0 Å². The van der Waals surface area contributed by atoms with Gasteiger partial charge in [0.05, 0.1) is 6.10 Å². The summed E-state index contributed by atoms with van der Waals surface area (Å²) in [6, 6.07) is 0. The molecule has 0 spiro atoms. The molecule has 1 aliphatic heterocycles. The summed E-state index contributed by atoms with van der Waals surface area (Å²) in [6.07, 6.45) is -1.76. The van der Waals surface area contributed by atoms with Crippen molar-refractivity contribution in [1.29, 1.82) is 5.41 Å². The Bertz CT molecular complexity index is 385. The van der Waals surface area contributed by atoms with E-state index >= 15 is 0 Å². The van der Waals surface area contributed by atoms with Gasteiger partial charge in [0.1, 0.15) is 0 Å². The number of hydrogen-bond acceptors (Lipinski definition) is 5. The van der Waals surface area contributed by atoms with Gasteiger partial charge in [0.25, 0.3) is 3.79 Å². The van der Waals surface area contributed by atoms with Crippen molar-refractivity contribution < 1.29 is 19.0 Å². The molecule has 1 saturated heterocycles. The molecule has 5 nitrogen and oxygen atoms in total. The summed E-state index contributed by atoms with van der Waals surface area (Å²) in [5.74, 6) is -0.892. The quantitative estimate of drug-likeness (QED) is 0.360. The normalized spacial score (nSPS) is 34.5. The second-order valence-corrected chi connectivity index (χ2v) is 7.23. The van der Waals surface area contributed by atoms with E-state index in [0.29, 0.717) is 0 Å². The van der Waals surface area contributed by atoms with Crippen molar-refractivity contribution >= 4 is 46.7 Å². The van der Waals surface area contributed by atoms with Crippen LogP contribution in [0.25, 0.3) is 0 Å². The highest BCUT2D eigenvalue weighted by Crippen LogP contribution is 2.35. The second kappa shape index (κ2) is 6.69. The average Bonchev–Trinajstić information content (AvgIpc) is 2.30. The molecule has 8 heteroatoms. The van der Waals surface area contributed by atoms with Crippen molar-refractivity contribution in [2.24, 2.45) is 11.8 Å². The third-order valence-electron chi connectivity index (χ3n) is 3.50. The molecule has 0 aromatic rings. The zero-order valence-corrected chi connectivity index (χ0v) is 13.9. The van der Waals surface area contributed by atoms with Crippen LogP contribution in [0, 0.1) is 17.2 Å². The maximum absolute atomic E-state index is 11.2. The lowest BCUT2D eigenvalue weighted by atomic mass is 9.84. The molecule has 1 rings (SSSR count). The van der Waals surface area contributed by atoms with Crippen LogP contribution in [-0.2, 0) is 19.0 Å². The van der Waals surface area contributed by atoms with E-state index < -0.39 is 28.1 Å². The van der Waals surface area contributed by atoms with E-state index in [9.17, 15) is 4.79 Å². The molecule has 3 unspecified atom stereocenters. The Morgan fingerprint density at radius 2 is 1.70 bits per heavy atom. The maximum Gasteiger partial charge on any atom is 0.303 e. The number of esters is 1. The molecule has 0 amide bonds. The van der Waals surface area contributed by atoms with Crippen LogP contribution in [0.2, 0.25) is 0 Å². The smallest absolute Gasteiger partial charge is 0.303 e. The summed E-state index contributed by atoms with van der Waals surface area (Å²) >= 11 is 16.7. The lowest BCUT2D eigenvalue weighted by Gasteiger charge is -2.42. The van der Waals surface area contributed by atoms with E-state index in [0.717, 1.165) is 0 Å².